The Hall–Kier alpha value is -3.25. The lowest BCUT2D eigenvalue weighted by molar-refractivity contribution is -0.145. The van der Waals surface area contributed by atoms with Gasteiger partial charge in [-0.15, -0.1) is 11.3 Å². The van der Waals surface area contributed by atoms with E-state index >= 15 is 0 Å². The molecule has 4 rings (SSSR count). The molecule has 0 fully saturated rings. The van der Waals surface area contributed by atoms with E-state index in [-0.39, 0.29) is 23.5 Å². The largest absolute Gasteiger partial charge is 0.451 e. The van der Waals surface area contributed by atoms with Crippen molar-refractivity contribution in [2.45, 2.75) is 25.1 Å². The highest BCUT2D eigenvalue weighted by Gasteiger charge is 2.40. The van der Waals surface area contributed by atoms with Gasteiger partial charge in [-0.05, 0) is 41.6 Å². The lowest BCUT2D eigenvalue weighted by Gasteiger charge is -2.35. The number of amidine groups is 1. The molecule has 3 heterocycles. The van der Waals surface area contributed by atoms with E-state index in [1.807, 2.05) is 24.4 Å². The third-order valence-corrected chi connectivity index (χ3v) is 5.97. The summed E-state index contributed by atoms with van der Waals surface area (Å²) in [5, 5.41) is 22.3. The molecule has 1 aliphatic heterocycles. The minimum absolute atomic E-state index is 0.0103. The average molecular weight is 413 g/mol. The molecule has 0 unspecified atom stereocenters. The second-order valence-corrected chi connectivity index (χ2v) is 7.86. The van der Waals surface area contributed by atoms with E-state index in [4.69, 9.17) is 10.7 Å². The van der Waals surface area contributed by atoms with Gasteiger partial charge < -0.3 is 5.32 Å². The minimum atomic E-state index is -4.64. The van der Waals surface area contributed by atoms with Gasteiger partial charge in [0.2, 0.25) is 5.82 Å². The summed E-state index contributed by atoms with van der Waals surface area (Å²) in [6, 6.07) is 11.2. The molecule has 0 aliphatic carbocycles. The summed E-state index contributed by atoms with van der Waals surface area (Å²) in [6.07, 6.45) is -3.40. The molecule has 2 aromatic heterocycles. The fourth-order valence-electron chi connectivity index (χ4n) is 3.31. The van der Waals surface area contributed by atoms with Gasteiger partial charge in [-0.25, -0.2) is 9.97 Å². The maximum absolute atomic E-state index is 13.0. The molecule has 0 amide bonds. The monoisotopic (exact) mass is 413 g/mol. The molecular weight excluding hydrogens is 399 g/mol. The highest BCUT2D eigenvalue weighted by atomic mass is 32.1. The lowest BCUT2D eigenvalue weighted by Crippen LogP contribution is -2.49. The lowest BCUT2D eigenvalue weighted by atomic mass is 9.87. The number of rotatable bonds is 2. The minimum Gasteiger partial charge on any atom is -0.359 e. The summed E-state index contributed by atoms with van der Waals surface area (Å²) in [7, 11) is 0. The molecule has 29 heavy (non-hydrogen) atoms. The third-order valence-electron chi connectivity index (χ3n) is 4.78. The number of nitrogens with one attached hydrogen (secondary N) is 2. The van der Waals surface area contributed by atoms with Gasteiger partial charge >= 0.3 is 6.18 Å². The first kappa shape index (κ1) is 19.1. The molecule has 3 aromatic rings. The van der Waals surface area contributed by atoms with Crippen LogP contribution in [-0.4, -0.2) is 15.8 Å². The van der Waals surface area contributed by atoms with Crippen LogP contribution in [0, 0.1) is 16.7 Å². The summed E-state index contributed by atoms with van der Waals surface area (Å²) in [5.41, 5.74) is 2.01. The zero-order valence-corrected chi connectivity index (χ0v) is 15.9. The quantitative estimate of drug-likeness (QED) is 0.649. The molecule has 0 bridgehead atoms. The second kappa shape index (κ2) is 6.67. The van der Waals surface area contributed by atoms with Crippen LogP contribution in [0.15, 0.2) is 41.9 Å². The van der Waals surface area contributed by atoms with E-state index in [1.165, 1.54) is 11.3 Å². The molecule has 1 aromatic carbocycles. The van der Waals surface area contributed by atoms with Gasteiger partial charge in [0.05, 0.1) is 28.4 Å². The maximum atomic E-state index is 13.0. The van der Waals surface area contributed by atoms with Crippen LogP contribution in [0.1, 0.15) is 34.4 Å². The van der Waals surface area contributed by atoms with Crippen LogP contribution < -0.4 is 5.32 Å². The molecule has 0 saturated carbocycles. The Balaban J connectivity index is 1.71. The number of fused-ring (bicyclic) bond motifs is 1. The smallest absolute Gasteiger partial charge is 0.359 e. The zero-order chi connectivity index (χ0) is 20.8. The first-order valence-corrected chi connectivity index (χ1v) is 9.47. The van der Waals surface area contributed by atoms with Crippen LogP contribution in [-0.2, 0) is 18.1 Å². The van der Waals surface area contributed by atoms with E-state index in [9.17, 15) is 13.2 Å². The van der Waals surface area contributed by atoms with Crippen LogP contribution >= 0.6 is 11.3 Å². The number of halogens is 3. The SMILES string of the molecule is C[C@@]1(c2cc(-c3cccc(C#N)c3)cs2)Cc2nc(C(F)(F)F)ncc2C(=N)N1. The van der Waals surface area contributed by atoms with E-state index in [1.54, 1.807) is 18.2 Å². The molecular formula is C20H14F3N5S. The molecule has 9 heteroatoms. The van der Waals surface area contributed by atoms with Gasteiger partial charge in [0.15, 0.2) is 0 Å². The van der Waals surface area contributed by atoms with Crippen LogP contribution in [0.25, 0.3) is 11.1 Å². The molecule has 1 aliphatic rings. The van der Waals surface area contributed by atoms with Gasteiger partial charge in [0.1, 0.15) is 5.84 Å². The summed E-state index contributed by atoms with van der Waals surface area (Å²) in [4.78, 5) is 7.91. The summed E-state index contributed by atoms with van der Waals surface area (Å²) in [5.74, 6) is -1.21. The van der Waals surface area contributed by atoms with E-state index in [2.05, 4.69) is 21.4 Å². The van der Waals surface area contributed by atoms with Gasteiger partial charge in [-0.1, -0.05) is 12.1 Å². The Morgan fingerprint density at radius 2 is 2.07 bits per heavy atom. The van der Waals surface area contributed by atoms with Gasteiger partial charge in [-0.3, -0.25) is 5.41 Å². The van der Waals surface area contributed by atoms with E-state index < -0.39 is 17.5 Å². The van der Waals surface area contributed by atoms with Crippen molar-refractivity contribution in [3.8, 4) is 17.2 Å². The van der Waals surface area contributed by atoms with Crippen molar-refractivity contribution in [2.75, 3.05) is 0 Å². The molecule has 0 radical (unpaired) electrons. The number of hydrogen-bond donors (Lipinski definition) is 2. The van der Waals surface area contributed by atoms with Crippen LogP contribution in [0.5, 0.6) is 0 Å². The van der Waals surface area contributed by atoms with Gasteiger partial charge in [-0.2, -0.15) is 18.4 Å². The Bertz CT molecular complexity index is 1160. The average Bonchev–Trinajstić information content (AvgIpc) is 3.18. The Kier molecular flexibility index (Phi) is 4.39. The molecule has 0 spiro atoms. The van der Waals surface area contributed by atoms with Crippen molar-refractivity contribution in [1.29, 1.82) is 10.7 Å². The molecule has 146 valence electrons. The van der Waals surface area contributed by atoms with Crippen molar-refractivity contribution in [3.63, 3.8) is 0 Å². The van der Waals surface area contributed by atoms with Crippen molar-refractivity contribution < 1.29 is 13.2 Å². The first-order valence-electron chi connectivity index (χ1n) is 8.59. The van der Waals surface area contributed by atoms with Crippen molar-refractivity contribution in [2.24, 2.45) is 0 Å². The summed E-state index contributed by atoms with van der Waals surface area (Å²) >= 11 is 1.44. The Labute approximate surface area is 168 Å². The van der Waals surface area contributed by atoms with Crippen LogP contribution in [0.4, 0.5) is 13.2 Å². The first-order chi connectivity index (χ1) is 13.7. The normalized spacial score (nSPS) is 18.7. The topological polar surface area (TPSA) is 85.5 Å². The highest BCUT2D eigenvalue weighted by molar-refractivity contribution is 7.10. The number of nitrogens with zero attached hydrogens (tertiary/aromatic N) is 3. The van der Waals surface area contributed by atoms with Crippen molar-refractivity contribution >= 4 is 17.2 Å². The number of hydrogen-bond acceptors (Lipinski definition) is 5. The molecule has 5 nitrogen and oxygen atoms in total. The van der Waals surface area contributed by atoms with E-state index in [0.29, 0.717) is 5.56 Å². The Morgan fingerprint density at radius 1 is 1.28 bits per heavy atom. The molecule has 1 atom stereocenters. The molecule has 0 saturated heterocycles. The number of nitriles is 1. The van der Waals surface area contributed by atoms with Gasteiger partial charge in [0, 0.05) is 17.5 Å². The predicted molar refractivity (Wildman–Crippen MR) is 103 cm³/mol. The van der Waals surface area contributed by atoms with Crippen LogP contribution in [0.2, 0.25) is 0 Å². The number of alkyl halides is 3. The zero-order valence-electron chi connectivity index (χ0n) is 15.1. The summed E-state index contributed by atoms with van der Waals surface area (Å²) < 4.78 is 39.0. The Morgan fingerprint density at radius 3 is 2.79 bits per heavy atom. The molecule has 2 N–H and O–H groups in total. The fourth-order valence-corrected chi connectivity index (χ4v) is 4.35. The third kappa shape index (κ3) is 3.47. The van der Waals surface area contributed by atoms with Crippen LogP contribution in [0.3, 0.4) is 0 Å². The summed E-state index contributed by atoms with van der Waals surface area (Å²) in [6.45, 7) is 1.83. The van der Waals surface area contributed by atoms with E-state index in [0.717, 1.165) is 22.2 Å². The van der Waals surface area contributed by atoms with Crippen molar-refractivity contribution in [3.05, 3.63) is 69.4 Å². The number of thiophene rings is 1. The highest BCUT2D eigenvalue weighted by Crippen LogP contribution is 2.37. The predicted octanol–water partition coefficient (Wildman–Crippen LogP) is 4.48. The second-order valence-electron chi connectivity index (χ2n) is 6.95. The van der Waals surface area contributed by atoms with Gasteiger partial charge in [0.25, 0.3) is 0 Å². The number of aromatic nitrogens is 2. The standard InChI is InChI=1S/C20H14F3N5S/c1-19(16-6-13(10-29-16)12-4-2-3-11(5-12)8-24)7-15-14(17(25)28-19)9-26-18(27-15)20(21,22)23/h2-6,9-10H,7H2,1H3,(H2,25,28)/t19-/m0/s1. The number of benzene rings is 1. The maximum Gasteiger partial charge on any atom is 0.451 e. The fraction of sp³-hybridized carbons (Fsp3) is 0.200. The van der Waals surface area contributed by atoms with Crippen molar-refractivity contribution in [1.82, 2.24) is 15.3 Å².